The Morgan fingerprint density at radius 3 is 2.88 bits per heavy atom. The number of hydrogen-bond acceptors (Lipinski definition) is 3. The maximum Gasteiger partial charge on any atom is 0.255 e. The molecule has 1 aliphatic rings. The fourth-order valence-electron chi connectivity index (χ4n) is 2.83. The number of nitrogens with zero attached hydrogens (tertiary/aromatic N) is 1. The predicted octanol–water partition coefficient (Wildman–Crippen LogP) is 3.33. The summed E-state index contributed by atoms with van der Waals surface area (Å²) in [6.45, 7) is 4.09. The highest BCUT2D eigenvalue weighted by atomic mass is 127. The van der Waals surface area contributed by atoms with E-state index in [9.17, 15) is 9.59 Å². The monoisotopic (exact) mass is 464 g/mol. The molecule has 5 nitrogen and oxygen atoms in total. The molecule has 1 aromatic carbocycles. The highest BCUT2D eigenvalue weighted by Gasteiger charge is 2.21. The minimum atomic E-state index is -0.287. The van der Waals surface area contributed by atoms with Gasteiger partial charge in [0.1, 0.15) is 5.75 Å². The lowest BCUT2D eigenvalue weighted by molar-refractivity contribution is -0.132. The molecule has 1 aliphatic heterocycles. The van der Waals surface area contributed by atoms with Crippen LogP contribution in [-0.4, -0.2) is 43.5 Å². The Bertz CT molecular complexity index is 624. The van der Waals surface area contributed by atoms with Gasteiger partial charge in [-0.2, -0.15) is 0 Å². The highest BCUT2D eigenvalue weighted by molar-refractivity contribution is 14.1. The van der Waals surface area contributed by atoms with Crippen LogP contribution in [0.5, 0.6) is 5.75 Å². The van der Waals surface area contributed by atoms with Gasteiger partial charge in [-0.1, -0.05) is 18.5 Å². The number of nitrogens with one attached hydrogen (secondary N) is 1. The Kier molecular flexibility index (Phi) is 7.16. The molecule has 0 spiro atoms. The molecule has 7 heteroatoms. The molecule has 132 valence electrons. The molecule has 0 bridgehead atoms. The molecule has 24 heavy (non-hydrogen) atoms. The fraction of sp³-hybridized carbons (Fsp3) is 0.529. The minimum Gasteiger partial charge on any atom is -0.496 e. The maximum atomic E-state index is 12.3. The SMILES string of the molecule is COc1cc(I)c(Cl)cc1C(=O)NCCC(=O)N1CCCC(C)C1. The molecule has 1 aromatic rings. The number of hydrogen-bond donors (Lipinski definition) is 1. The van der Waals surface area contributed by atoms with E-state index >= 15 is 0 Å². The number of rotatable bonds is 5. The normalized spacial score (nSPS) is 17.5. The summed E-state index contributed by atoms with van der Waals surface area (Å²) in [5.41, 5.74) is 0.377. The van der Waals surface area contributed by atoms with Crippen molar-refractivity contribution in [3.05, 3.63) is 26.3 Å². The van der Waals surface area contributed by atoms with Crippen LogP contribution < -0.4 is 10.1 Å². The van der Waals surface area contributed by atoms with E-state index in [1.54, 1.807) is 12.1 Å². The molecule has 2 rings (SSSR count). The van der Waals surface area contributed by atoms with E-state index in [0.717, 1.165) is 23.1 Å². The quantitative estimate of drug-likeness (QED) is 0.680. The average molecular weight is 465 g/mol. The Labute approximate surface area is 161 Å². The van der Waals surface area contributed by atoms with Gasteiger partial charge in [-0.15, -0.1) is 0 Å². The first kappa shape index (κ1) is 19.3. The number of likely N-dealkylation sites (tertiary alicyclic amines) is 1. The summed E-state index contributed by atoms with van der Waals surface area (Å²) in [6.07, 6.45) is 2.53. The second kappa shape index (κ2) is 8.89. The summed E-state index contributed by atoms with van der Waals surface area (Å²) in [4.78, 5) is 26.4. The van der Waals surface area contributed by atoms with Gasteiger partial charge in [-0.05, 0) is 53.5 Å². The van der Waals surface area contributed by atoms with Crippen molar-refractivity contribution >= 4 is 46.0 Å². The third-order valence-corrected chi connectivity index (χ3v) is 5.65. The van der Waals surface area contributed by atoms with Crippen molar-refractivity contribution in [1.82, 2.24) is 10.2 Å². The van der Waals surface area contributed by atoms with Crippen LogP contribution in [0, 0.1) is 9.49 Å². The van der Waals surface area contributed by atoms with Crippen molar-refractivity contribution in [3.8, 4) is 5.75 Å². The molecule has 0 aromatic heterocycles. The molecular formula is C17H22ClIN2O3. The Balaban J connectivity index is 1.89. The van der Waals surface area contributed by atoms with Gasteiger partial charge in [-0.3, -0.25) is 9.59 Å². The molecule has 1 heterocycles. The van der Waals surface area contributed by atoms with E-state index in [1.165, 1.54) is 13.5 Å². The first-order valence-corrected chi connectivity index (χ1v) is 9.47. The van der Waals surface area contributed by atoms with Crippen molar-refractivity contribution in [2.75, 3.05) is 26.7 Å². The predicted molar refractivity (Wildman–Crippen MR) is 103 cm³/mol. The van der Waals surface area contributed by atoms with Gasteiger partial charge in [0.25, 0.3) is 5.91 Å². The van der Waals surface area contributed by atoms with Crippen molar-refractivity contribution in [2.24, 2.45) is 5.92 Å². The van der Waals surface area contributed by atoms with Crippen molar-refractivity contribution in [2.45, 2.75) is 26.2 Å². The fourth-order valence-corrected chi connectivity index (χ4v) is 3.43. The third-order valence-electron chi connectivity index (χ3n) is 4.12. The van der Waals surface area contributed by atoms with Gasteiger partial charge in [0.2, 0.25) is 5.91 Å². The first-order chi connectivity index (χ1) is 11.4. The summed E-state index contributed by atoms with van der Waals surface area (Å²) in [5, 5.41) is 3.27. The Hall–Kier alpha value is -1.02. The van der Waals surface area contributed by atoms with Gasteiger partial charge in [0.05, 0.1) is 17.7 Å². The molecular weight excluding hydrogens is 443 g/mol. The van der Waals surface area contributed by atoms with Crippen molar-refractivity contribution < 1.29 is 14.3 Å². The van der Waals surface area contributed by atoms with Gasteiger partial charge in [0.15, 0.2) is 0 Å². The van der Waals surface area contributed by atoms with E-state index in [1.807, 2.05) is 4.90 Å². The van der Waals surface area contributed by atoms with Gasteiger partial charge < -0.3 is 15.0 Å². The summed E-state index contributed by atoms with van der Waals surface area (Å²) < 4.78 is 6.05. The molecule has 1 N–H and O–H groups in total. The molecule has 0 radical (unpaired) electrons. The number of ether oxygens (including phenoxy) is 1. The van der Waals surface area contributed by atoms with Gasteiger partial charge in [0, 0.05) is 29.6 Å². The van der Waals surface area contributed by atoms with Crippen LogP contribution >= 0.6 is 34.2 Å². The van der Waals surface area contributed by atoms with Crippen LogP contribution in [-0.2, 0) is 4.79 Å². The van der Waals surface area contributed by atoms with Crippen LogP contribution in [0.2, 0.25) is 5.02 Å². The summed E-state index contributed by atoms with van der Waals surface area (Å²) in [7, 11) is 1.51. The average Bonchev–Trinajstić information content (AvgIpc) is 2.56. The number of halogens is 2. The highest BCUT2D eigenvalue weighted by Crippen LogP contribution is 2.28. The van der Waals surface area contributed by atoms with E-state index in [-0.39, 0.29) is 11.8 Å². The molecule has 0 aliphatic carbocycles. The van der Waals surface area contributed by atoms with E-state index in [0.29, 0.717) is 35.2 Å². The smallest absolute Gasteiger partial charge is 0.255 e. The van der Waals surface area contributed by atoms with E-state index in [2.05, 4.69) is 34.8 Å². The second-order valence-electron chi connectivity index (χ2n) is 6.06. The zero-order valence-corrected chi connectivity index (χ0v) is 16.8. The molecule has 1 unspecified atom stereocenters. The second-order valence-corrected chi connectivity index (χ2v) is 7.63. The standard InChI is InChI=1S/C17H22ClIN2O3/c1-11-4-3-7-21(10-11)16(22)5-6-20-17(23)12-8-13(18)14(19)9-15(12)24-2/h8-9,11H,3-7,10H2,1-2H3,(H,20,23). The van der Waals surface area contributed by atoms with Crippen LogP contribution in [0.4, 0.5) is 0 Å². The maximum absolute atomic E-state index is 12.3. The summed E-state index contributed by atoms with van der Waals surface area (Å²) in [5.74, 6) is 0.826. The van der Waals surface area contributed by atoms with Crippen LogP contribution in [0.15, 0.2) is 12.1 Å². The number of piperidine rings is 1. The number of carbonyl (C=O) groups is 2. The minimum absolute atomic E-state index is 0.0921. The number of amides is 2. The Morgan fingerprint density at radius 2 is 2.21 bits per heavy atom. The van der Waals surface area contributed by atoms with Crippen LogP contribution in [0.25, 0.3) is 0 Å². The van der Waals surface area contributed by atoms with E-state index < -0.39 is 0 Å². The van der Waals surface area contributed by atoms with Gasteiger partial charge >= 0.3 is 0 Å². The van der Waals surface area contributed by atoms with Crippen LogP contribution in [0.1, 0.15) is 36.5 Å². The largest absolute Gasteiger partial charge is 0.496 e. The van der Waals surface area contributed by atoms with Gasteiger partial charge in [-0.25, -0.2) is 0 Å². The lowest BCUT2D eigenvalue weighted by atomic mass is 10.00. The lowest BCUT2D eigenvalue weighted by Crippen LogP contribution is -2.40. The zero-order chi connectivity index (χ0) is 17.7. The van der Waals surface area contributed by atoms with Crippen molar-refractivity contribution in [3.63, 3.8) is 0 Å². The molecule has 1 atom stereocenters. The molecule has 1 fully saturated rings. The molecule has 2 amide bonds. The molecule has 0 saturated carbocycles. The summed E-state index contributed by atoms with van der Waals surface area (Å²) >= 11 is 8.17. The molecule has 1 saturated heterocycles. The number of methoxy groups -OCH3 is 1. The topological polar surface area (TPSA) is 58.6 Å². The summed E-state index contributed by atoms with van der Waals surface area (Å²) in [6, 6.07) is 3.31. The first-order valence-electron chi connectivity index (χ1n) is 8.01. The van der Waals surface area contributed by atoms with E-state index in [4.69, 9.17) is 16.3 Å². The van der Waals surface area contributed by atoms with Crippen molar-refractivity contribution in [1.29, 1.82) is 0 Å². The third kappa shape index (κ3) is 4.99. The number of carbonyl (C=O) groups excluding carboxylic acids is 2. The Morgan fingerprint density at radius 1 is 1.46 bits per heavy atom. The van der Waals surface area contributed by atoms with Crippen LogP contribution in [0.3, 0.4) is 0 Å². The number of benzene rings is 1. The lowest BCUT2D eigenvalue weighted by Gasteiger charge is -2.31. The zero-order valence-electron chi connectivity index (χ0n) is 13.9.